The normalized spacial score (nSPS) is 16.5. The maximum atomic E-state index is 12.3. The minimum atomic E-state index is -0.517. The first-order valence-corrected chi connectivity index (χ1v) is 9.44. The van der Waals surface area contributed by atoms with Gasteiger partial charge in [0, 0.05) is 33.2 Å². The SMILES string of the molecule is O=C(NNC(=O)[C@H]1CC(=O)N(c2ccc(Br)cc2)C1)c1ccc(Br)cc1. The molecule has 1 aliphatic rings. The Morgan fingerprint density at radius 1 is 0.923 bits per heavy atom. The van der Waals surface area contributed by atoms with E-state index < -0.39 is 11.8 Å². The molecule has 1 heterocycles. The zero-order chi connectivity index (χ0) is 18.7. The van der Waals surface area contributed by atoms with Crippen LogP contribution in [0.4, 0.5) is 5.69 Å². The summed E-state index contributed by atoms with van der Waals surface area (Å²) >= 11 is 6.65. The van der Waals surface area contributed by atoms with E-state index in [1.54, 1.807) is 29.2 Å². The summed E-state index contributed by atoms with van der Waals surface area (Å²) in [6, 6.07) is 14.1. The van der Waals surface area contributed by atoms with Crippen molar-refractivity contribution in [3.8, 4) is 0 Å². The van der Waals surface area contributed by atoms with Crippen molar-refractivity contribution >= 4 is 55.3 Å². The number of hydrazine groups is 1. The smallest absolute Gasteiger partial charge is 0.269 e. The maximum Gasteiger partial charge on any atom is 0.269 e. The van der Waals surface area contributed by atoms with Crippen LogP contribution in [0.2, 0.25) is 0 Å². The first-order valence-electron chi connectivity index (χ1n) is 7.86. The van der Waals surface area contributed by atoms with Gasteiger partial charge in [0.15, 0.2) is 0 Å². The number of hydrogen-bond acceptors (Lipinski definition) is 3. The van der Waals surface area contributed by atoms with Crippen LogP contribution < -0.4 is 15.8 Å². The maximum absolute atomic E-state index is 12.3. The third kappa shape index (κ3) is 4.31. The monoisotopic (exact) mass is 479 g/mol. The van der Waals surface area contributed by atoms with Crippen LogP contribution in [-0.2, 0) is 9.59 Å². The van der Waals surface area contributed by atoms with Crippen LogP contribution in [0.3, 0.4) is 0 Å². The molecule has 8 heteroatoms. The molecule has 3 rings (SSSR count). The molecular formula is C18H15Br2N3O3. The first kappa shape index (κ1) is 18.6. The molecule has 6 nitrogen and oxygen atoms in total. The molecule has 1 aliphatic heterocycles. The average Bonchev–Trinajstić information content (AvgIpc) is 3.02. The molecule has 0 saturated carbocycles. The molecule has 0 aliphatic carbocycles. The van der Waals surface area contributed by atoms with E-state index in [1.807, 2.05) is 24.3 Å². The summed E-state index contributed by atoms with van der Waals surface area (Å²) in [5.41, 5.74) is 5.95. The van der Waals surface area contributed by atoms with Crippen molar-refractivity contribution in [1.82, 2.24) is 10.9 Å². The Kier molecular flexibility index (Phi) is 5.73. The molecular weight excluding hydrogens is 466 g/mol. The number of carbonyl (C=O) groups excluding carboxylic acids is 3. The fourth-order valence-electron chi connectivity index (χ4n) is 2.65. The van der Waals surface area contributed by atoms with Crippen LogP contribution in [0.25, 0.3) is 0 Å². The van der Waals surface area contributed by atoms with Gasteiger partial charge in [0.05, 0.1) is 5.92 Å². The lowest BCUT2D eigenvalue weighted by Crippen LogP contribution is -2.45. The number of amides is 3. The Bertz CT molecular complexity index is 838. The molecule has 3 amide bonds. The molecule has 0 radical (unpaired) electrons. The summed E-state index contributed by atoms with van der Waals surface area (Å²) in [6.07, 6.45) is 0.107. The van der Waals surface area contributed by atoms with Gasteiger partial charge in [-0.05, 0) is 48.5 Å². The Hall–Kier alpha value is -2.19. The third-order valence-corrected chi connectivity index (χ3v) is 5.10. The molecule has 2 N–H and O–H groups in total. The van der Waals surface area contributed by atoms with Crippen LogP contribution >= 0.6 is 31.9 Å². The van der Waals surface area contributed by atoms with Gasteiger partial charge in [-0.15, -0.1) is 0 Å². The first-order chi connectivity index (χ1) is 12.4. The molecule has 134 valence electrons. The molecule has 1 fully saturated rings. The minimum absolute atomic E-state index is 0.107. The van der Waals surface area contributed by atoms with E-state index in [0.29, 0.717) is 5.56 Å². The van der Waals surface area contributed by atoms with Crippen LogP contribution in [-0.4, -0.2) is 24.3 Å². The van der Waals surface area contributed by atoms with Crippen molar-refractivity contribution < 1.29 is 14.4 Å². The summed E-state index contributed by atoms with van der Waals surface area (Å²) in [5.74, 6) is -1.44. The van der Waals surface area contributed by atoms with Gasteiger partial charge in [0.25, 0.3) is 5.91 Å². The molecule has 26 heavy (non-hydrogen) atoms. The van der Waals surface area contributed by atoms with Crippen molar-refractivity contribution in [3.63, 3.8) is 0 Å². The molecule has 0 aromatic heterocycles. The number of hydrogen-bond donors (Lipinski definition) is 2. The fourth-order valence-corrected chi connectivity index (χ4v) is 3.18. The number of rotatable bonds is 3. The standard InChI is InChI=1S/C18H15Br2N3O3/c19-13-3-1-11(2-4-13)17(25)21-22-18(26)12-9-16(24)23(10-12)15-7-5-14(20)6-8-15/h1-8,12H,9-10H2,(H,21,25)(H,22,26)/t12-/m0/s1. The zero-order valence-corrected chi connectivity index (χ0v) is 16.7. The van der Waals surface area contributed by atoms with Gasteiger partial charge < -0.3 is 4.90 Å². The van der Waals surface area contributed by atoms with Crippen molar-refractivity contribution in [3.05, 3.63) is 63.0 Å². The van der Waals surface area contributed by atoms with E-state index in [0.717, 1.165) is 14.6 Å². The second kappa shape index (κ2) is 8.01. The number of nitrogens with one attached hydrogen (secondary N) is 2. The molecule has 2 aromatic carbocycles. The highest BCUT2D eigenvalue weighted by Crippen LogP contribution is 2.26. The van der Waals surface area contributed by atoms with Gasteiger partial charge in [-0.2, -0.15) is 0 Å². The molecule has 2 aromatic rings. The zero-order valence-electron chi connectivity index (χ0n) is 13.5. The van der Waals surface area contributed by atoms with Crippen LogP contribution in [0, 0.1) is 5.92 Å². The van der Waals surface area contributed by atoms with Gasteiger partial charge >= 0.3 is 0 Å². The summed E-state index contributed by atoms with van der Waals surface area (Å²) < 4.78 is 1.77. The highest BCUT2D eigenvalue weighted by Gasteiger charge is 2.35. The van der Waals surface area contributed by atoms with Gasteiger partial charge in [-0.25, -0.2) is 0 Å². The number of halogens is 2. The largest absolute Gasteiger partial charge is 0.312 e. The van der Waals surface area contributed by atoms with Crippen LogP contribution in [0.15, 0.2) is 57.5 Å². The summed E-state index contributed by atoms with van der Waals surface area (Å²) in [4.78, 5) is 38.1. The minimum Gasteiger partial charge on any atom is -0.312 e. The van der Waals surface area contributed by atoms with Gasteiger partial charge in [-0.1, -0.05) is 31.9 Å². The highest BCUT2D eigenvalue weighted by molar-refractivity contribution is 9.10. The Morgan fingerprint density at radius 2 is 1.50 bits per heavy atom. The number of anilines is 1. The van der Waals surface area contributed by atoms with Gasteiger partial charge in [-0.3, -0.25) is 25.2 Å². The van der Waals surface area contributed by atoms with Gasteiger partial charge in [0.2, 0.25) is 11.8 Å². The third-order valence-electron chi connectivity index (χ3n) is 4.04. The Balaban J connectivity index is 1.57. The lowest BCUT2D eigenvalue weighted by atomic mass is 10.1. The van der Waals surface area contributed by atoms with E-state index in [9.17, 15) is 14.4 Å². The van der Waals surface area contributed by atoms with Crippen molar-refractivity contribution in [2.75, 3.05) is 11.4 Å². The van der Waals surface area contributed by atoms with E-state index in [1.165, 1.54) is 0 Å². The second-order valence-electron chi connectivity index (χ2n) is 5.83. The second-order valence-corrected chi connectivity index (χ2v) is 7.66. The fraction of sp³-hybridized carbons (Fsp3) is 0.167. The summed E-state index contributed by atoms with van der Waals surface area (Å²) in [6.45, 7) is 0.278. The van der Waals surface area contributed by atoms with Crippen molar-refractivity contribution in [1.29, 1.82) is 0 Å². The highest BCUT2D eigenvalue weighted by atomic mass is 79.9. The molecule has 0 bridgehead atoms. The molecule has 1 saturated heterocycles. The van der Waals surface area contributed by atoms with Crippen molar-refractivity contribution in [2.45, 2.75) is 6.42 Å². The Morgan fingerprint density at radius 3 is 2.12 bits per heavy atom. The van der Waals surface area contributed by atoms with E-state index in [-0.39, 0.29) is 24.8 Å². The number of benzene rings is 2. The molecule has 1 atom stereocenters. The summed E-state index contributed by atoms with van der Waals surface area (Å²) in [5, 5.41) is 0. The van der Waals surface area contributed by atoms with E-state index in [4.69, 9.17) is 0 Å². The predicted molar refractivity (Wildman–Crippen MR) is 104 cm³/mol. The average molecular weight is 481 g/mol. The topological polar surface area (TPSA) is 78.5 Å². The predicted octanol–water partition coefficient (Wildman–Crippen LogP) is 3.03. The lowest BCUT2D eigenvalue weighted by molar-refractivity contribution is -0.126. The molecule has 0 spiro atoms. The Labute approximate surface area is 167 Å². The summed E-state index contributed by atoms with van der Waals surface area (Å²) in [7, 11) is 0. The number of carbonyl (C=O) groups is 3. The van der Waals surface area contributed by atoms with E-state index >= 15 is 0 Å². The van der Waals surface area contributed by atoms with Crippen LogP contribution in [0.5, 0.6) is 0 Å². The van der Waals surface area contributed by atoms with Crippen LogP contribution in [0.1, 0.15) is 16.8 Å². The van der Waals surface area contributed by atoms with Crippen molar-refractivity contribution in [2.24, 2.45) is 5.92 Å². The lowest BCUT2D eigenvalue weighted by Gasteiger charge is -2.17. The quantitative estimate of drug-likeness (QED) is 0.663. The molecule has 0 unspecified atom stereocenters. The van der Waals surface area contributed by atoms with E-state index in [2.05, 4.69) is 42.7 Å². The number of nitrogens with zero attached hydrogens (tertiary/aromatic N) is 1. The van der Waals surface area contributed by atoms with Gasteiger partial charge in [0.1, 0.15) is 0 Å².